The molecule has 0 aliphatic carbocycles. The second kappa shape index (κ2) is 23.7. The summed E-state index contributed by atoms with van der Waals surface area (Å²) >= 11 is 1.79. The van der Waals surface area contributed by atoms with Gasteiger partial charge < -0.3 is 14.4 Å². The van der Waals surface area contributed by atoms with Gasteiger partial charge in [-0.2, -0.15) is 0 Å². The van der Waals surface area contributed by atoms with Gasteiger partial charge >= 0.3 is 0 Å². The number of rotatable bonds is 9. The molecule has 14 aromatic carbocycles. The van der Waals surface area contributed by atoms with Crippen LogP contribution in [0.25, 0.3) is 114 Å². The van der Waals surface area contributed by atoms with Gasteiger partial charge in [0.1, 0.15) is 0 Å². The topological polar surface area (TPSA) is 11.4 Å². The Bertz CT molecular complexity index is 6350. The van der Waals surface area contributed by atoms with Gasteiger partial charge in [-0.25, -0.2) is 0 Å². The molecule has 0 N–H and O–H groups in total. The highest BCUT2D eigenvalue weighted by molar-refractivity contribution is 7.26. The summed E-state index contributed by atoms with van der Waals surface area (Å²) < 4.78 is 79.9. The van der Waals surface area contributed by atoms with Gasteiger partial charge in [0.15, 0.2) is 0 Å². The summed E-state index contributed by atoms with van der Waals surface area (Å²) in [6, 6.07) is 91.8. The van der Waals surface area contributed by atoms with E-state index in [0.29, 0.717) is 5.69 Å². The van der Waals surface area contributed by atoms with Crippen LogP contribution in [0.2, 0.25) is 0 Å². The largest absolute Gasteiger partial charge is 0.311 e. The molecule has 0 fully saturated rings. The average Bonchev–Trinajstić information content (AvgIpc) is 1.68. The molecule has 5 heteroatoms. The van der Waals surface area contributed by atoms with Gasteiger partial charge in [0, 0.05) is 76.2 Å². The van der Waals surface area contributed by atoms with Crippen LogP contribution in [0.3, 0.4) is 0 Å². The Morgan fingerprint density at radius 2 is 0.881 bits per heavy atom. The minimum atomic E-state index is -0.505. The van der Waals surface area contributed by atoms with Crippen LogP contribution >= 0.6 is 11.3 Å². The normalized spacial score (nSPS) is 14.0. The summed E-state index contributed by atoms with van der Waals surface area (Å²) in [7, 11) is 0. The van der Waals surface area contributed by atoms with Crippen molar-refractivity contribution in [2.75, 3.05) is 9.80 Å². The molecule has 0 atom stereocenters. The molecule has 2 aliphatic heterocycles. The van der Waals surface area contributed by atoms with E-state index in [4.69, 9.17) is 2.74 Å². The number of anilines is 6. The first kappa shape index (κ1) is 53.7. The number of benzene rings is 14. The molecule has 0 bridgehead atoms. The van der Waals surface area contributed by atoms with Crippen molar-refractivity contribution in [2.45, 2.75) is 78.6 Å². The number of hydrogen-bond acceptors (Lipinski definition) is 3. The van der Waals surface area contributed by atoms with Crippen LogP contribution in [0.1, 0.15) is 90.0 Å². The summed E-state index contributed by atoms with van der Waals surface area (Å²) in [5.74, 6) is 0. The first-order valence-electron chi connectivity index (χ1n) is 39.0. The SMILES string of the molecule is [2H]c1c([2H])c([2H])c2c(c1[2H])c1c([2H])c([2H])c([2H])c([2H])c1n2-c1ccc2c(c1)N(c1c(-c3ccccc3)cc(C(C)(C)C)cc1-c1ccccc1)c1cc(-c3cccc4sc5ccccc5c34)cc3c1B2c1cc(-c2cccc(C(C)(C)C)c2)ccc1N3c1cc(-c2ccccc2)cc(-c2ccccc2C(C)(C)C)c1. The van der Waals surface area contributed by atoms with E-state index in [1.807, 2.05) is 6.07 Å². The van der Waals surface area contributed by atoms with Gasteiger partial charge in [-0.1, -0.05) is 287 Å². The summed E-state index contributed by atoms with van der Waals surface area (Å²) in [5, 5.41) is 2.34. The van der Waals surface area contributed by atoms with E-state index in [0.717, 1.165) is 138 Å². The third kappa shape index (κ3) is 10.5. The Balaban J connectivity index is 1.06. The minimum Gasteiger partial charge on any atom is -0.311 e. The number of aromatic nitrogens is 1. The highest BCUT2D eigenvalue weighted by Crippen LogP contribution is 2.55. The number of para-hydroxylation sites is 2. The van der Waals surface area contributed by atoms with Gasteiger partial charge in [0.05, 0.1) is 27.7 Å². The van der Waals surface area contributed by atoms with Crippen molar-refractivity contribution in [3.8, 4) is 72.4 Å². The van der Waals surface area contributed by atoms with Gasteiger partial charge in [-0.3, -0.25) is 0 Å². The standard InChI is InChI=1S/C96H78BN3S/c1-94(2,3)69-36-27-35-64(52-69)65-47-50-85-82(55-65)97-81-49-48-71(98-83-43-24-20-38-75(83)76-39-21-25-44-84(76)98)60-86(81)100(93-78(62-31-15-11-16-32-62)58-70(95(4,5)6)59-79(93)63-33-17-12-18-34-63)88-57-68(74-41-28-46-90-91(74)77-40-22-26-45-89(77)101-90)56-87(92(88)97)99(85)72-53-66(61-29-13-10-14-30-61)51-67(54-72)73-37-19-23-42-80(73)96(7,8)9/h10-60H,1-9H3/i20D,21D,24D,25D,38D,39D,43D,44D. The molecule has 4 heterocycles. The zero-order chi connectivity index (χ0) is 75.6. The highest BCUT2D eigenvalue weighted by Gasteiger charge is 2.46. The molecule has 101 heavy (non-hydrogen) atoms. The number of hydrogen-bond donors (Lipinski definition) is 0. The van der Waals surface area contributed by atoms with Crippen LogP contribution in [0.5, 0.6) is 0 Å². The van der Waals surface area contributed by atoms with Gasteiger partial charge in [-0.15, -0.1) is 11.3 Å². The van der Waals surface area contributed by atoms with Crippen molar-refractivity contribution < 1.29 is 11.0 Å². The fourth-order valence-corrected chi connectivity index (χ4v) is 17.0. The molecule has 0 saturated heterocycles. The molecule has 2 aromatic heterocycles. The smallest absolute Gasteiger partial charge is 0.252 e. The lowest BCUT2D eigenvalue weighted by molar-refractivity contribution is 0.590. The number of nitrogens with zero attached hydrogens (tertiary/aromatic N) is 3. The zero-order valence-electron chi connectivity index (χ0n) is 66.2. The van der Waals surface area contributed by atoms with Crippen LogP contribution in [-0.2, 0) is 16.2 Å². The lowest BCUT2D eigenvalue weighted by atomic mass is 9.33. The maximum Gasteiger partial charge on any atom is 0.252 e. The van der Waals surface area contributed by atoms with E-state index in [9.17, 15) is 8.22 Å². The molecule has 486 valence electrons. The fraction of sp³-hybridized carbons (Fsp3) is 0.125. The van der Waals surface area contributed by atoms with Crippen molar-refractivity contribution in [1.29, 1.82) is 0 Å². The predicted octanol–water partition coefficient (Wildman–Crippen LogP) is 25.1. The molecule has 0 unspecified atom stereocenters. The molecule has 16 aromatic rings. The van der Waals surface area contributed by atoms with Crippen LogP contribution in [0.15, 0.2) is 309 Å². The van der Waals surface area contributed by atoms with Gasteiger partial charge in [0.25, 0.3) is 6.71 Å². The molecule has 0 saturated carbocycles. The molecule has 2 aliphatic rings. The van der Waals surface area contributed by atoms with Gasteiger partial charge in [0.2, 0.25) is 0 Å². The molecule has 18 rings (SSSR count). The Labute approximate surface area is 609 Å². The van der Waals surface area contributed by atoms with Crippen LogP contribution < -0.4 is 26.2 Å². The molecular weight excluding hydrogens is 1240 g/mol. The Morgan fingerprint density at radius 3 is 1.55 bits per heavy atom. The fourth-order valence-electron chi connectivity index (χ4n) is 15.9. The zero-order valence-corrected chi connectivity index (χ0v) is 59.0. The van der Waals surface area contributed by atoms with Gasteiger partial charge in [-0.05, 0) is 190 Å². The Hall–Kier alpha value is -11.2. The summed E-state index contributed by atoms with van der Waals surface area (Å²) in [6.45, 7) is 19.9. The number of fused-ring (bicyclic) bond motifs is 10. The maximum absolute atomic E-state index is 9.90. The monoisotopic (exact) mass is 1320 g/mol. The predicted molar refractivity (Wildman–Crippen MR) is 436 cm³/mol. The molecule has 0 spiro atoms. The second-order valence-corrected chi connectivity index (χ2v) is 31.4. The van der Waals surface area contributed by atoms with E-state index in [1.165, 1.54) is 15.8 Å². The quantitative estimate of drug-likeness (QED) is 0.133. The van der Waals surface area contributed by atoms with E-state index in [-0.39, 0.29) is 50.1 Å². The number of thiophene rings is 1. The van der Waals surface area contributed by atoms with Crippen molar-refractivity contribution in [2.24, 2.45) is 0 Å². The van der Waals surface area contributed by atoms with E-state index in [1.54, 1.807) is 15.9 Å². The molecule has 0 amide bonds. The average molecular weight is 1320 g/mol. The second-order valence-electron chi connectivity index (χ2n) is 30.3. The Morgan fingerprint density at radius 1 is 0.327 bits per heavy atom. The van der Waals surface area contributed by atoms with E-state index >= 15 is 0 Å². The van der Waals surface area contributed by atoms with E-state index < -0.39 is 43.0 Å². The summed E-state index contributed by atoms with van der Waals surface area (Å²) in [4.78, 5) is 5.02. The highest BCUT2D eigenvalue weighted by atomic mass is 32.1. The molecule has 3 nitrogen and oxygen atoms in total. The molecular formula is C96H78BN3S. The Kier molecular flexibility index (Phi) is 12.6. The van der Waals surface area contributed by atoms with Crippen molar-refractivity contribution in [1.82, 2.24) is 4.57 Å². The minimum absolute atomic E-state index is 0.0126. The maximum atomic E-state index is 9.90. The van der Waals surface area contributed by atoms with Crippen molar-refractivity contribution in [3.63, 3.8) is 0 Å². The first-order valence-corrected chi connectivity index (χ1v) is 35.8. The first-order chi connectivity index (χ1) is 52.3. The van der Waals surface area contributed by atoms with Crippen LogP contribution in [0, 0.1) is 0 Å². The van der Waals surface area contributed by atoms with E-state index in [2.05, 4.69) is 327 Å². The third-order valence-electron chi connectivity index (χ3n) is 20.8. The van der Waals surface area contributed by atoms with Crippen LogP contribution in [-0.4, -0.2) is 11.3 Å². The van der Waals surface area contributed by atoms with Crippen LogP contribution in [0.4, 0.5) is 34.1 Å². The lowest BCUT2D eigenvalue weighted by Gasteiger charge is -2.45. The summed E-state index contributed by atoms with van der Waals surface area (Å²) in [6.07, 6.45) is 0. The lowest BCUT2D eigenvalue weighted by Crippen LogP contribution is -2.61. The van der Waals surface area contributed by atoms with Crippen molar-refractivity contribution in [3.05, 3.63) is 326 Å². The third-order valence-corrected chi connectivity index (χ3v) is 22.0. The summed E-state index contributed by atoms with van der Waals surface area (Å²) in [5.41, 5.74) is 24.4. The van der Waals surface area contributed by atoms with Crippen molar-refractivity contribution >= 4 is 111 Å². The molecule has 0 radical (unpaired) electrons.